The number of hydrogen-bond acceptors (Lipinski definition) is 3. The molecule has 1 aliphatic rings. The average molecular weight is 227 g/mol. The molecule has 1 heterocycles. The zero-order valence-electron chi connectivity index (χ0n) is 11.3. The third-order valence-corrected chi connectivity index (χ3v) is 3.22. The van der Waals surface area contributed by atoms with Crippen molar-refractivity contribution in [3.63, 3.8) is 0 Å². The predicted molar refractivity (Wildman–Crippen MR) is 70.9 cm³/mol. The lowest BCUT2D eigenvalue weighted by atomic mass is 10.1. The van der Waals surface area contributed by atoms with Gasteiger partial charge in [-0.25, -0.2) is 0 Å². The van der Waals surface area contributed by atoms with Crippen LogP contribution in [-0.2, 0) is 0 Å². The second kappa shape index (κ2) is 8.04. The maximum absolute atomic E-state index is 3.56. The molecular weight excluding hydrogens is 198 g/mol. The van der Waals surface area contributed by atoms with E-state index >= 15 is 0 Å². The number of rotatable bonds is 8. The summed E-state index contributed by atoms with van der Waals surface area (Å²) in [6.45, 7) is 9.80. The van der Waals surface area contributed by atoms with Crippen LogP contribution in [0.4, 0.5) is 0 Å². The molecule has 96 valence electrons. The quantitative estimate of drug-likeness (QED) is 0.630. The lowest BCUT2D eigenvalue weighted by Crippen LogP contribution is -2.32. The Morgan fingerprint density at radius 2 is 1.94 bits per heavy atom. The van der Waals surface area contributed by atoms with Crippen molar-refractivity contribution >= 4 is 0 Å². The van der Waals surface area contributed by atoms with Crippen molar-refractivity contribution in [2.45, 2.75) is 26.2 Å². The third-order valence-electron chi connectivity index (χ3n) is 3.22. The van der Waals surface area contributed by atoms with E-state index in [0.717, 1.165) is 12.5 Å². The van der Waals surface area contributed by atoms with Crippen molar-refractivity contribution in [2.24, 2.45) is 5.92 Å². The molecule has 1 N–H and O–H groups in total. The molecule has 0 bridgehead atoms. The van der Waals surface area contributed by atoms with Crippen LogP contribution in [0.3, 0.4) is 0 Å². The van der Waals surface area contributed by atoms with E-state index in [1.165, 1.54) is 52.0 Å². The van der Waals surface area contributed by atoms with Crippen LogP contribution in [0.5, 0.6) is 0 Å². The Bertz CT molecular complexity index is 165. The maximum Gasteiger partial charge on any atom is 0.00191 e. The van der Waals surface area contributed by atoms with Crippen molar-refractivity contribution in [2.75, 3.05) is 53.4 Å². The smallest absolute Gasteiger partial charge is 0.00191 e. The molecule has 0 aliphatic carbocycles. The number of nitrogens with one attached hydrogen (secondary N) is 1. The summed E-state index contributed by atoms with van der Waals surface area (Å²) in [6.07, 6.45) is 4.06. The highest BCUT2D eigenvalue weighted by Gasteiger charge is 2.13. The molecule has 0 aromatic carbocycles. The third kappa shape index (κ3) is 6.46. The van der Waals surface area contributed by atoms with Gasteiger partial charge in [0.15, 0.2) is 0 Å². The summed E-state index contributed by atoms with van der Waals surface area (Å²) in [7, 11) is 4.27. The predicted octanol–water partition coefficient (Wildman–Crippen LogP) is 1.26. The fraction of sp³-hybridized carbons (Fsp3) is 1.00. The summed E-state index contributed by atoms with van der Waals surface area (Å²) >= 11 is 0. The molecule has 1 unspecified atom stereocenters. The Labute approximate surface area is 101 Å². The summed E-state index contributed by atoms with van der Waals surface area (Å²) in [6, 6.07) is 0. The van der Waals surface area contributed by atoms with Crippen LogP contribution in [0.25, 0.3) is 0 Å². The molecule has 0 amide bonds. The first-order chi connectivity index (χ1) is 7.68. The fourth-order valence-electron chi connectivity index (χ4n) is 2.34. The number of hydrogen-bond donors (Lipinski definition) is 1. The lowest BCUT2D eigenvalue weighted by Gasteiger charge is -2.20. The minimum atomic E-state index is 0.789. The molecular formula is C13H29N3. The van der Waals surface area contributed by atoms with E-state index in [1.807, 2.05) is 0 Å². The van der Waals surface area contributed by atoms with Gasteiger partial charge in [-0.1, -0.05) is 6.92 Å². The molecule has 1 saturated heterocycles. The standard InChI is InChI=1S/C13H29N3/c1-13(12-16-9-4-5-10-16)11-14-7-6-8-15(2)3/h13-14H,4-12H2,1-3H3. The second-order valence-corrected chi connectivity index (χ2v) is 5.47. The molecule has 0 saturated carbocycles. The van der Waals surface area contributed by atoms with Gasteiger partial charge >= 0.3 is 0 Å². The van der Waals surface area contributed by atoms with Gasteiger partial charge in [0.05, 0.1) is 0 Å². The summed E-state index contributed by atoms with van der Waals surface area (Å²) in [5.74, 6) is 0.789. The first kappa shape index (κ1) is 13.9. The first-order valence-electron chi connectivity index (χ1n) is 6.76. The summed E-state index contributed by atoms with van der Waals surface area (Å²) < 4.78 is 0. The topological polar surface area (TPSA) is 18.5 Å². The van der Waals surface area contributed by atoms with E-state index in [-0.39, 0.29) is 0 Å². The van der Waals surface area contributed by atoms with Gasteiger partial charge in [-0.05, 0) is 72.0 Å². The molecule has 0 radical (unpaired) electrons. The van der Waals surface area contributed by atoms with E-state index < -0.39 is 0 Å². The monoisotopic (exact) mass is 227 g/mol. The number of nitrogens with zero attached hydrogens (tertiary/aromatic N) is 2. The van der Waals surface area contributed by atoms with Gasteiger partial charge in [-0.15, -0.1) is 0 Å². The fourth-order valence-corrected chi connectivity index (χ4v) is 2.34. The van der Waals surface area contributed by atoms with Crippen molar-refractivity contribution < 1.29 is 0 Å². The van der Waals surface area contributed by atoms with Gasteiger partial charge in [0.25, 0.3) is 0 Å². The van der Waals surface area contributed by atoms with Crippen LogP contribution in [0.15, 0.2) is 0 Å². The number of likely N-dealkylation sites (tertiary alicyclic amines) is 1. The van der Waals surface area contributed by atoms with Gasteiger partial charge in [-0.2, -0.15) is 0 Å². The van der Waals surface area contributed by atoms with Gasteiger partial charge in [0.1, 0.15) is 0 Å². The molecule has 1 rings (SSSR count). The Morgan fingerprint density at radius 1 is 1.25 bits per heavy atom. The van der Waals surface area contributed by atoms with Gasteiger partial charge < -0.3 is 15.1 Å². The molecule has 1 aliphatic heterocycles. The van der Waals surface area contributed by atoms with E-state index in [1.54, 1.807) is 0 Å². The lowest BCUT2D eigenvalue weighted by molar-refractivity contribution is 0.281. The van der Waals surface area contributed by atoms with Gasteiger partial charge in [0, 0.05) is 6.54 Å². The zero-order valence-corrected chi connectivity index (χ0v) is 11.3. The van der Waals surface area contributed by atoms with Crippen molar-refractivity contribution in [3.8, 4) is 0 Å². The molecule has 1 atom stereocenters. The van der Waals surface area contributed by atoms with Crippen LogP contribution >= 0.6 is 0 Å². The molecule has 3 nitrogen and oxygen atoms in total. The Kier molecular flexibility index (Phi) is 7.01. The van der Waals surface area contributed by atoms with Crippen LogP contribution < -0.4 is 5.32 Å². The summed E-state index contributed by atoms with van der Waals surface area (Å²) in [5, 5.41) is 3.56. The molecule has 16 heavy (non-hydrogen) atoms. The van der Waals surface area contributed by atoms with Crippen LogP contribution in [-0.4, -0.2) is 63.2 Å². The Hall–Kier alpha value is -0.120. The second-order valence-electron chi connectivity index (χ2n) is 5.47. The largest absolute Gasteiger partial charge is 0.316 e. The van der Waals surface area contributed by atoms with Gasteiger partial charge in [0.2, 0.25) is 0 Å². The highest BCUT2D eigenvalue weighted by atomic mass is 15.1. The van der Waals surface area contributed by atoms with E-state index in [4.69, 9.17) is 0 Å². The van der Waals surface area contributed by atoms with E-state index in [0.29, 0.717) is 0 Å². The van der Waals surface area contributed by atoms with Crippen molar-refractivity contribution in [3.05, 3.63) is 0 Å². The molecule has 3 heteroatoms. The highest BCUT2D eigenvalue weighted by Crippen LogP contribution is 2.09. The summed E-state index contributed by atoms with van der Waals surface area (Å²) in [5.41, 5.74) is 0. The zero-order chi connectivity index (χ0) is 11.8. The van der Waals surface area contributed by atoms with Gasteiger partial charge in [-0.3, -0.25) is 0 Å². The van der Waals surface area contributed by atoms with Crippen LogP contribution in [0.1, 0.15) is 26.2 Å². The Morgan fingerprint density at radius 3 is 2.56 bits per heavy atom. The molecule has 0 aromatic heterocycles. The highest BCUT2D eigenvalue weighted by molar-refractivity contribution is 4.70. The normalized spacial score (nSPS) is 19.5. The van der Waals surface area contributed by atoms with Crippen LogP contribution in [0, 0.1) is 5.92 Å². The minimum absolute atomic E-state index is 0.789. The van der Waals surface area contributed by atoms with E-state index in [9.17, 15) is 0 Å². The van der Waals surface area contributed by atoms with Crippen LogP contribution in [0.2, 0.25) is 0 Å². The molecule has 0 aromatic rings. The SMILES string of the molecule is CC(CNCCCN(C)C)CN1CCCC1. The van der Waals surface area contributed by atoms with Crippen molar-refractivity contribution in [1.29, 1.82) is 0 Å². The molecule has 0 spiro atoms. The average Bonchev–Trinajstić information content (AvgIpc) is 2.69. The van der Waals surface area contributed by atoms with E-state index in [2.05, 4.69) is 36.1 Å². The minimum Gasteiger partial charge on any atom is -0.316 e. The summed E-state index contributed by atoms with van der Waals surface area (Å²) in [4.78, 5) is 4.85. The first-order valence-corrected chi connectivity index (χ1v) is 6.76. The molecule has 1 fully saturated rings. The maximum atomic E-state index is 3.56. The van der Waals surface area contributed by atoms with Crippen molar-refractivity contribution in [1.82, 2.24) is 15.1 Å². The Balaban J connectivity index is 1.91.